The number of benzene rings is 1. The smallest absolute Gasteiger partial charge is 0.271 e. The highest BCUT2D eigenvalue weighted by atomic mass is 35.5. The predicted octanol–water partition coefficient (Wildman–Crippen LogP) is 3.11. The Morgan fingerprint density at radius 2 is 1.91 bits per heavy atom. The van der Waals surface area contributed by atoms with Gasteiger partial charge in [0.15, 0.2) is 0 Å². The molecule has 1 aromatic rings. The van der Waals surface area contributed by atoms with Crippen molar-refractivity contribution in [1.82, 2.24) is 0 Å². The van der Waals surface area contributed by atoms with Crippen LogP contribution in [0.5, 0.6) is 0 Å². The molecule has 0 aliphatic heterocycles. The maximum Gasteiger partial charge on any atom is 0.271 e. The predicted molar refractivity (Wildman–Crippen MR) is 90.5 cm³/mol. The number of nitrogens with two attached hydrogens (primary N) is 1. The van der Waals surface area contributed by atoms with Gasteiger partial charge in [-0.3, -0.25) is 14.9 Å². The monoisotopic (exact) mass is 339 g/mol. The summed E-state index contributed by atoms with van der Waals surface area (Å²) >= 11 is 0. The van der Waals surface area contributed by atoms with Gasteiger partial charge in [-0.05, 0) is 43.6 Å². The average molecular weight is 340 g/mol. The molecule has 2 atom stereocenters. The van der Waals surface area contributed by atoms with Crippen LogP contribution in [-0.4, -0.2) is 16.9 Å². The van der Waals surface area contributed by atoms with E-state index >= 15 is 0 Å². The minimum Gasteiger partial charge on any atom is -0.327 e. The number of non-ortho nitro benzene ring substituents is 1. The van der Waals surface area contributed by atoms with E-state index in [2.05, 4.69) is 5.32 Å². The number of hydrogen-bond acceptors (Lipinski definition) is 4. The number of nitro benzene ring substituents is 1. The van der Waals surface area contributed by atoms with Crippen molar-refractivity contribution in [3.63, 3.8) is 0 Å². The van der Waals surface area contributed by atoms with Crippen LogP contribution in [-0.2, 0) is 4.79 Å². The number of amides is 1. The van der Waals surface area contributed by atoms with Crippen LogP contribution in [0.2, 0.25) is 0 Å². The summed E-state index contributed by atoms with van der Waals surface area (Å²) in [5.74, 6) is 0.806. The van der Waals surface area contributed by atoms with Crippen LogP contribution in [0.1, 0.15) is 32.1 Å². The van der Waals surface area contributed by atoms with Crippen LogP contribution in [0.3, 0.4) is 0 Å². The Kier molecular flexibility index (Phi) is 5.59. The van der Waals surface area contributed by atoms with Gasteiger partial charge in [0.05, 0.1) is 4.92 Å². The van der Waals surface area contributed by atoms with Gasteiger partial charge in [0.1, 0.15) is 0 Å². The second-order valence-corrected chi connectivity index (χ2v) is 6.49. The van der Waals surface area contributed by atoms with Gasteiger partial charge >= 0.3 is 0 Å². The minimum atomic E-state index is -0.459. The number of carbonyl (C=O) groups excluding carboxylic acids is 1. The van der Waals surface area contributed by atoms with Gasteiger partial charge in [-0.25, -0.2) is 0 Å². The second-order valence-electron chi connectivity index (χ2n) is 6.49. The standard InChI is InChI=1S/C16H21N3O3.ClH/c17-15-10-3-1-4-11(15)8-12(7-10)16(20)18-13-5-2-6-14(9-13)19(21)22;/h2,5-6,9-12,15H,1,3-4,7-8,17H2,(H,18,20);1H. The quantitative estimate of drug-likeness (QED) is 0.653. The highest BCUT2D eigenvalue weighted by Crippen LogP contribution is 2.42. The third-order valence-corrected chi connectivity index (χ3v) is 5.11. The molecular weight excluding hydrogens is 318 g/mol. The lowest BCUT2D eigenvalue weighted by molar-refractivity contribution is -0.384. The fourth-order valence-electron chi connectivity index (χ4n) is 3.94. The van der Waals surface area contributed by atoms with E-state index in [-0.39, 0.29) is 36.0 Å². The van der Waals surface area contributed by atoms with Crippen LogP contribution >= 0.6 is 12.4 Å². The van der Waals surface area contributed by atoms with Gasteiger partial charge in [0, 0.05) is 29.8 Å². The molecule has 3 N–H and O–H groups in total. The fraction of sp³-hybridized carbons (Fsp3) is 0.562. The molecule has 0 radical (unpaired) electrons. The molecule has 0 saturated heterocycles. The summed E-state index contributed by atoms with van der Waals surface area (Å²) in [6.07, 6.45) is 5.09. The molecule has 3 rings (SSSR count). The Balaban J connectivity index is 0.00000192. The molecule has 2 saturated carbocycles. The van der Waals surface area contributed by atoms with Crippen LogP contribution < -0.4 is 11.1 Å². The largest absolute Gasteiger partial charge is 0.327 e. The van der Waals surface area contributed by atoms with E-state index in [9.17, 15) is 14.9 Å². The molecule has 7 heteroatoms. The molecule has 2 fully saturated rings. The van der Waals surface area contributed by atoms with E-state index in [4.69, 9.17) is 5.73 Å². The maximum atomic E-state index is 12.5. The normalized spacial score (nSPS) is 29.3. The Morgan fingerprint density at radius 1 is 1.26 bits per heavy atom. The van der Waals surface area contributed by atoms with Crippen molar-refractivity contribution < 1.29 is 9.72 Å². The first-order valence-electron chi connectivity index (χ1n) is 7.85. The molecule has 2 aliphatic rings. The SMILES string of the molecule is Cl.NC1C2CCCC1CC(C(=O)Nc1cccc([N+](=O)[O-])c1)C2. The maximum absolute atomic E-state index is 12.5. The van der Waals surface area contributed by atoms with Crippen LogP contribution in [0, 0.1) is 27.9 Å². The van der Waals surface area contributed by atoms with Crippen molar-refractivity contribution in [3.8, 4) is 0 Å². The molecule has 126 valence electrons. The lowest BCUT2D eigenvalue weighted by Crippen LogP contribution is -2.48. The number of nitrogens with one attached hydrogen (secondary N) is 1. The molecule has 0 spiro atoms. The molecule has 2 bridgehead atoms. The van der Waals surface area contributed by atoms with E-state index in [1.54, 1.807) is 12.1 Å². The van der Waals surface area contributed by atoms with Crippen LogP contribution in [0.15, 0.2) is 24.3 Å². The summed E-state index contributed by atoms with van der Waals surface area (Å²) in [4.78, 5) is 22.8. The first-order valence-corrected chi connectivity index (χ1v) is 7.85. The zero-order valence-corrected chi connectivity index (χ0v) is 13.6. The highest BCUT2D eigenvalue weighted by Gasteiger charge is 2.40. The van der Waals surface area contributed by atoms with E-state index in [1.807, 2.05) is 0 Å². The number of nitrogens with zero attached hydrogens (tertiary/aromatic N) is 1. The molecule has 2 unspecified atom stereocenters. The van der Waals surface area contributed by atoms with E-state index in [0.29, 0.717) is 17.5 Å². The fourth-order valence-corrected chi connectivity index (χ4v) is 3.94. The average Bonchev–Trinajstić information content (AvgIpc) is 2.47. The summed E-state index contributed by atoms with van der Waals surface area (Å²) in [7, 11) is 0. The number of fused-ring (bicyclic) bond motifs is 2. The summed E-state index contributed by atoms with van der Waals surface area (Å²) in [6, 6.07) is 6.31. The molecular formula is C16H22ClN3O3. The number of anilines is 1. The number of rotatable bonds is 3. The lowest BCUT2D eigenvalue weighted by Gasteiger charge is -2.43. The molecule has 23 heavy (non-hydrogen) atoms. The van der Waals surface area contributed by atoms with Crippen molar-refractivity contribution in [1.29, 1.82) is 0 Å². The summed E-state index contributed by atoms with van der Waals surface area (Å²) in [5, 5.41) is 13.6. The van der Waals surface area contributed by atoms with Gasteiger partial charge in [-0.2, -0.15) is 0 Å². The molecule has 1 amide bonds. The van der Waals surface area contributed by atoms with E-state index in [1.165, 1.54) is 18.6 Å². The Bertz CT molecular complexity index is 582. The summed E-state index contributed by atoms with van der Waals surface area (Å²) in [6.45, 7) is 0. The number of halogens is 1. The second kappa shape index (κ2) is 7.27. The Hall–Kier alpha value is -1.66. The van der Waals surface area contributed by atoms with Crippen molar-refractivity contribution in [3.05, 3.63) is 34.4 Å². The first kappa shape index (κ1) is 17.7. The minimum absolute atomic E-state index is 0. The zero-order chi connectivity index (χ0) is 15.7. The summed E-state index contributed by atoms with van der Waals surface area (Å²) in [5.41, 5.74) is 6.72. The van der Waals surface area contributed by atoms with Crippen LogP contribution in [0.4, 0.5) is 11.4 Å². The van der Waals surface area contributed by atoms with Gasteiger partial charge in [-0.15, -0.1) is 12.4 Å². The van der Waals surface area contributed by atoms with Crippen LogP contribution in [0.25, 0.3) is 0 Å². The molecule has 0 aromatic heterocycles. The van der Waals surface area contributed by atoms with Crippen molar-refractivity contribution >= 4 is 29.7 Å². The Labute approximate surface area is 141 Å². The molecule has 2 aliphatic carbocycles. The third-order valence-electron chi connectivity index (χ3n) is 5.11. The van der Waals surface area contributed by atoms with E-state index in [0.717, 1.165) is 25.7 Å². The lowest BCUT2D eigenvalue weighted by atomic mass is 9.65. The topological polar surface area (TPSA) is 98.3 Å². The number of carbonyl (C=O) groups is 1. The molecule has 0 heterocycles. The zero-order valence-electron chi connectivity index (χ0n) is 12.8. The van der Waals surface area contributed by atoms with Gasteiger partial charge in [-0.1, -0.05) is 12.5 Å². The molecule has 6 nitrogen and oxygen atoms in total. The van der Waals surface area contributed by atoms with Crippen molar-refractivity contribution in [2.75, 3.05) is 5.32 Å². The van der Waals surface area contributed by atoms with Crippen molar-refractivity contribution in [2.45, 2.75) is 38.1 Å². The highest BCUT2D eigenvalue weighted by molar-refractivity contribution is 5.93. The number of nitro groups is 1. The number of hydrogen-bond donors (Lipinski definition) is 2. The third kappa shape index (κ3) is 3.82. The molecule has 1 aromatic carbocycles. The van der Waals surface area contributed by atoms with Gasteiger partial charge < -0.3 is 11.1 Å². The van der Waals surface area contributed by atoms with Crippen molar-refractivity contribution in [2.24, 2.45) is 23.5 Å². The van der Waals surface area contributed by atoms with E-state index < -0.39 is 4.92 Å². The first-order chi connectivity index (χ1) is 10.5. The Morgan fingerprint density at radius 3 is 2.52 bits per heavy atom. The van der Waals surface area contributed by atoms with Gasteiger partial charge in [0.2, 0.25) is 5.91 Å². The van der Waals surface area contributed by atoms with Gasteiger partial charge in [0.25, 0.3) is 5.69 Å². The summed E-state index contributed by atoms with van der Waals surface area (Å²) < 4.78 is 0.